The summed E-state index contributed by atoms with van der Waals surface area (Å²) in [7, 11) is 0. The van der Waals surface area contributed by atoms with E-state index in [-0.39, 0.29) is 0 Å². The first kappa shape index (κ1) is 17.8. The van der Waals surface area contributed by atoms with Crippen LogP contribution in [0, 0.1) is 11.7 Å². The largest absolute Gasteiger partial charge is 0.489 e. The highest BCUT2D eigenvalue weighted by Gasteiger charge is 2.15. The number of benzene rings is 2. The number of rotatable bonds is 3. The van der Waals surface area contributed by atoms with Crippen molar-refractivity contribution < 1.29 is 9.47 Å². The van der Waals surface area contributed by atoms with E-state index in [1.54, 1.807) is 17.0 Å². The van der Waals surface area contributed by atoms with Gasteiger partial charge in [-0.2, -0.15) is 14.9 Å². The van der Waals surface area contributed by atoms with Gasteiger partial charge in [0.25, 0.3) is 0 Å². The zero-order valence-electron chi connectivity index (χ0n) is 14.6. The molecular formula is C19H17ClN4O2S. The number of fused-ring (bicyclic) bond motifs is 1. The van der Waals surface area contributed by atoms with Crippen molar-refractivity contribution >= 4 is 30.0 Å². The molecule has 3 aromatic rings. The predicted octanol–water partition coefficient (Wildman–Crippen LogP) is 4.61. The third-order valence-corrected chi connectivity index (χ3v) is 4.73. The standard InChI is InChI=1S/C19H17ClN4O2S/c1-12-5-2-3-6-14(12)18-22-23-19(27)24(18)21-11-13-9-15(20)17-16(10-13)25-7-4-8-26-17/h2-3,5-6,9-11H,4,7-8H2,1H3,(H,23,27)/b21-11-. The zero-order valence-corrected chi connectivity index (χ0v) is 16.2. The van der Waals surface area contributed by atoms with Crippen LogP contribution in [0.4, 0.5) is 0 Å². The summed E-state index contributed by atoms with van der Waals surface area (Å²) >= 11 is 11.7. The van der Waals surface area contributed by atoms with E-state index in [4.69, 9.17) is 33.3 Å². The van der Waals surface area contributed by atoms with Gasteiger partial charge in [-0.25, -0.2) is 5.10 Å². The molecule has 1 N–H and O–H groups in total. The smallest absolute Gasteiger partial charge is 0.216 e. The fourth-order valence-corrected chi connectivity index (χ4v) is 3.30. The first-order valence-electron chi connectivity index (χ1n) is 8.50. The van der Waals surface area contributed by atoms with Gasteiger partial charge < -0.3 is 9.47 Å². The summed E-state index contributed by atoms with van der Waals surface area (Å²) in [4.78, 5) is 0. The summed E-state index contributed by atoms with van der Waals surface area (Å²) in [5, 5.41) is 12.1. The van der Waals surface area contributed by atoms with Gasteiger partial charge in [-0.15, -0.1) is 0 Å². The van der Waals surface area contributed by atoms with Gasteiger partial charge in [0.15, 0.2) is 17.3 Å². The van der Waals surface area contributed by atoms with Crippen LogP contribution in [0.25, 0.3) is 11.4 Å². The Balaban J connectivity index is 1.72. The maximum absolute atomic E-state index is 6.35. The molecule has 0 atom stereocenters. The highest BCUT2D eigenvalue weighted by Crippen LogP contribution is 2.37. The van der Waals surface area contributed by atoms with Crippen LogP contribution in [0.5, 0.6) is 11.5 Å². The second-order valence-electron chi connectivity index (χ2n) is 6.10. The minimum atomic E-state index is 0.407. The van der Waals surface area contributed by atoms with E-state index in [9.17, 15) is 0 Å². The second-order valence-corrected chi connectivity index (χ2v) is 6.90. The molecular weight excluding hydrogens is 384 g/mol. The number of aromatic amines is 1. The van der Waals surface area contributed by atoms with Crippen molar-refractivity contribution in [1.82, 2.24) is 14.9 Å². The Morgan fingerprint density at radius 2 is 2.07 bits per heavy atom. The van der Waals surface area contributed by atoms with Crippen LogP contribution < -0.4 is 9.47 Å². The molecule has 4 rings (SSSR count). The van der Waals surface area contributed by atoms with Crippen LogP contribution in [0.1, 0.15) is 17.5 Å². The van der Waals surface area contributed by atoms with Crippen LogP contribution in [0.15, 0.2) is 41.5 Å². The molecule has 138 valence electrons. The van der Waals surface area contributed by atoms with E-state index in [1.165, 1.54) is 0 Å². The van der Waals surface area contributed by atoms with Gasteiger partial charge in [0, 0.05) is 12.0 Å². The van der Waals surface area contributed by atoms with Gasteiger partial charge in [0.1, 0.15) is 0 Å². The Kier molecular flexibility index (Phi) is 4.96. The summed E-state index contributed by atoms with van der Waals surface area (Å²) in [5.41, 5.74) is 2.82. The van der Waals surface area contributed by atoms with Crippen molar-refractivity contribution in [3.63, 3.8) is 0 Å². The SMILES string of the molecule is Cc1ccccc1-c1n[nH]c(=S)n1/N=C\c1cc(Cl)c2c(c1)OCCCO2. The van der Waals surface area contributed by atoms with Gasteiger partial charge in [-0.3, -0.25) is 0 Å². The first-order valence-corrected chi connectivity index (χ1v) is 9.29. The summed E-state index contributed by atoms with van der Waals surface area (Å²) < 4.78 is 13.4. The lowest BCUT2D eigenvalue weighted by Gasteiger charge is -2.10. The number of nitrogens with zero attached hydrogens (tertiary/aromatic N) is 3. The molecule has 0 bridgehead atoms. The molecule has 0 unspecified atom stereocenters. The van der Waals surface area contributed by atoms with Crippen LogP contribution in [-0.4, -0.2) is 34.3 Å². The molecule has 6 nitrogen and oxygen atoms in total. The number of aryl methyl sites for hydroxylation is 1. The highest BCUT2D eigenvalue weighted by molar-refractivity contribution is 7.71. The number of hydrogen-bond donors (Lipinski definition) is 1. The molecule has 0 amide bonds. The fraction of sp³-hybridized carbons (Fsp3) is 0.211. The fourth-order valence-electron chi connectivity index (χ4n) is 2.85. The molecule has 0 fully saturated rings. The molecule has 27 heavy (non-hydrogen) atoms. The second kappa shape index (κ2) is 7.54. The number of aromatic nitrogens is 3. The predicted molar refractivity (Wildman–Crippen MR) is 108 cm³/mol. The van der Waals surface area contributed by atoms with Gasteiger partial charge in [-0.05, 0) is 42.4 Å². The van der Waals surface area contributed by atoms with Crippen molar-refractivity contribution in [3.05, 3.63) is 57.3 Å². The lowest BCUT2D eigenvalue weighted by atomic mass is 10.1. The normalized spacial score (nSPS) is 13.7. The maximum Gasteiger partial charge on any atom is 0.216 e. The Labute approximate surface area is 166 Å². The third kappa shape index (κ3) is 3.61. The monoisotopic (exact) mass is 400 g/mol. The van der Waals surface area contributed by atoms with Crippen molar-refractivity contribution in [2.75, 3.05) is 13.2 Å². The van der Waals surface area contributed by atoms with Crippen molar-refractivity contribution in [3.8, 4) is 22.9 Å². The summed E-state index contributed by atoms with van der Waals surface area (Å²) in [6, 6.07) is 11.6. The minimum absolute atomic E-state index is 0.407. The van der Waals surface area contributed by atoms with Crippen molar-refractivity contribution in [2.24, 2.45) is 5.10 Å². The van der Waals surface area contributed by atoms with E-state index >= 15 is 0 Å². The van der Waals surface area contributed by atoms with Crippen LogP contribution in [-0.2, 0) is 0 Å². The van der Waals surface area contributed by atoms with Crippen LogP contribution in [0.3, 0.4) is 0 Å². The van der Waals surface area contributed by atoms with Gasteiger partial charge in [0.2, 0.25) is 4.77 Å². The topological polar surface area (TPSA) is 64.4 Å². The average Bonchev–Trinajstić information content (AvgIpc) is 2.86. The maximum atomic E-state index is 6.35. The van der Waals surface area contributed by atoms with Crippen molar-refractivity contribution in [1.29, 1.82) is 0 Å². The first-order chi connectivity index (χ1) is 13.1. The van der Waals surface area contributed by atoms with Gasteiger partial charge >= 0.3 is 0 Å². The summed E-state index contributed by atoms with van der Waals surface area (Å²) in [5.74, 6) is 1.85. The molecule has 0 radical (unpaired) electrons. The Morgan fingerprint density at radius 3 is 2.93 bits per heavy atom. The quantitative estimate of drug-likeness (QED) is 0.515. The molecule has 1 aromatic heterocycles. The molecule has 0 aliphatic carbocycles. The lowest BCUT2D eigenvalue weighted by molar-refractivity contribution is 0.297. The van der Waals surface area contributed by atoms with Crippen LogP contribution >= 0.6 is 23.8 Å². The third-order valence-electron chi connectivity index (χ3n) is 4.18. The molecule has 0 saturated carbocycles. The molecule has 0 saturated heterocycles. The average molecular weight is 401 g/mol. The Bertz CT molecular complexity index is 1070. The van der Waals surface area contributed by atoms with Gasteiger partial charge in [-0.1, -0.05) is 35.9 Å². The minimum Gasteiger partial charge on any atom is -0.489 e. The molecule has 8 heteroatoms. The molecule has 1 aliphatic rings. The van der Waals surface area contributed by atoms with E-state index in [1.807, 2.05) is 37.3 Å². The molecule has 1 aliphatic heterocycles. The van der Waals surface area contributed by atoms with E-state index in [0.29, 0.717) is 40.3 Å². The Morgan fingerprint density at radius 1 is 1.26 bits per heavy atom. The van der Waals surface area contributed by atoms with Crippen molar-refractivity contribution in [2.45, 2.75) is 13.3 Å². The van der Waals surface area contributed by atoms with E-state index in [2.05, 4.69) is 15.3 Å². The highest BCUT2D eigenvalue weighted by atomic mass is 35.5. The number of H-pyrrole nitrogens is 1. The molecule has 0 spiro atoms. The van der Waals surface area contributed by atoms with E-state index in [0.717, 1.165) is 23.1 Å². The zero-order chi connectivity index (χ0) is 18.8. The Hall–Kier alpha value is -2.64. The molecule has 2 heterocycles. The number of halogens is 1. The number of hydrogen-bond acceptors (Lipinski definition) is 5. The molecule has 2 aromatic carbocycles. The number of ether oxygens (including phenoxy) is 2. The van der Waals surface area contributed by atoms with Crippen LogP contribution in [0.2, 0.25) is 5.02 Å². The summed E-state index contributed by atoms with van der Waals surface area (Å²) in [6.07, 6.45) is 2.49. The number of nitrogens with one attached hydrogen (secondary N) is 1. The van der Waals surface area contributed by atoms with Gasteiger partial charge in [0.05, 0.1) is 24.5 Å². The summed E-state index contributed by atoms with van der Waals surface area (Å²) in [6.45, 7) is 3.20. The lowest BCUT2D eigenvalue weighted by Crippen LogP contribution is -1.98. The van der Waals surface area contributed by atoms with E-state index < -0.39 is 0 Å².